The lowest BCUT2D eigenvalue weighted by atomic mass is 9.94. The number of halogens is 1. The number of aryl methyl sites for hydroxylation is 1. The third-order valence-corrected chi connectivity index (χ3v) is 5.86. The minimum Gasteiger partial charge on any atom is -0.507 e. The highest BCUT2D eigenvalue weighted by molar-refractivity contribution is 6.51. The number of esters is 1. The van der Waals surface area contributed by atoms with Crippen LogP contribution in [0.2, 0.25) is 5.02 Å². The van der Waals surface area contributed by atoms with Crippen molar-refractivity contribution in [1.82, 2.24) is 0 Å². The summed E-state index contributed by atoms with van der Waals surface area (Å²) in [5.41, 5.74) is 2.62. The van der Waals surface area contributed by atoms with Crippen molar-refractivity contribution >= 4 is 40.7 Å². The second kappa shape index (κ2) is 9.76. The van der Waals surface area contributed by atoms with E-state index in [9.17, 15) is 19.5 Å². The molecule has 4 rings (SSSR count). The zero-order chi connectivity index (χ0) is 25.3. The van der Waals surface area contributed by atoms with Gasteiger partial charge in [0.25, 0.3) is 11.7 Å². The summed E-state index contributed by atoms with van der Waals surface area (Å²) >= 11 is 6.10. The number of rotatable bonds is 5. The van der Waals surface area contributed by atoms with E-state index in [0.717, 1.165) is 5.56 Å². The number of aliphatic hydroxyl groups is 1. The summed E-state index contributed by atoms with van der Waals surface area (Å²) in [7, 11) is 0. The molecule has 1 fully saturated rings. The number of Topliss-reactive ketones (excluding diaryl/α,β-unsaturated/α-hetero) is 1. The summed E-state index contributed by atoms with van der Waals surface area (Å²) in [5, 5.41) is 11.5. The molecule has 3 aromatic carbocycles. The van der Waals surface area contributed by atoms with Crippen LogP contribution in [0.25, 0.3) is 5.76 Å². The Morgan fingerprint density at radius 2 is 1.66 bits per heavy atom. The van der Waals surface area contributed by atoms with E-state index in [1.165, 1.54) is 11.0 Å². The minimum atomic E-state index is -0.873. The van der Waals surface area contributed by atoms with Crippen LogP contribution in [0.4, 0.5) is 5.69 Å². The molecule has 1 aliphatic rings. The van der Waals surface area contributed by atoms with Gasteiger partial charge in [0, 0.05) is 16.3 Å². The Hall–Kier alpha value is -3.90. The van der Waals surface area contributed by atoms with Gasteiger partial charge in [-0.05, 0) is 62.7 Å². The van der Waals surface area contributed by atoms with E-state index in [2.05, 4.69) is 0 Å². The Morgan fingerprint density at radius 1 is 0.971 bits per heavy atom. The Balaban J connectivity index is 1.85. The fourth-order valence-corrected chi connectivity index (χ4v) is 4.28. The number of carbonyl (C=O) groups is 3. The lowest BCUT2D eigenvalue weighted by Gasteiger charge is -2.26. The van der Waals surface area contributed by atoms with Crippen molar-refractivity contribution in [2.45, 2.75) is 32.9 Å². The van der Waals surface area contributed by atoms with Gasteiger partial charge < -0.3 is 9.84 Å². The number of amides is 1. The first kappa shape index (κ1) is 24.2. The number of nitrogens with zero attached hydrogens (tertiary/aromatic N) is 1. The van der Waals surface area contributed by atoms with Gasteiger partial charge in [-0.15, -0.1) is 0 Å². The van der Waals surface area contributed by atoms with E-state index in [1.807, 2.05) is 25.1 Å². The molecule has 0 spiro atoms. The predicted molar refractivity (Wildman–Crippen MR) is 134 cm³/mol. The van der Waals surface area contributed by atoms with Crippen LogP contribution in [0.15, 0.2) is 78.4 Å². The molecule has 0 aromatic heterocycles. The van der Waals surface area contributed by atoms with Gasteiger partial charge in [0.05, 0.1) is 23.3 Å². The van der Waals surface area contributed by atoms with Crippen LogP contribution in [-0.4, -0.2) is 28.9 Å². The average Bonchev–Trinajstić information content (AvgIpc) is 3.08. The molecule has 1 aliphatic heterocycles. The number of anilines is 1. The lowest BCUT2D eigenvalue weighted by Crippen LogP contribution is -2.29. The maximum Gasteiger partial charge on any atom is 0.338 e. The molecule has 1 heterocycles. The quantitative estimate of drug-likeness (QED) is 0.211. The summed E-state index contributed by atoms with van der Waals surface area (Å²) in [6.07, 6.45) is -0.271. The van der Waals surface area contributed by atoms with Crippen molar-refractivity contribution in [3.8, 4) is 0 Å². The Labute approximate surface area is 208 Å². The Kier molecular flexibility index (Phi) is 6.76. The molecule has 6 nitrogen and oxygen atoms in total. The monoisotopic (exact) mass is 489 g/mol. The smallest absolute Gasteiger partial charge is 0.338 e. The number of carbonyl (C=O) groups excluding carboxylic acids is 3. The molecule has 1 unspecified atom stereocenters. The first-order valence-corrected chi connectivity index (χ1v) is 11.5. The standard InChI is InChI=1S/C28H24ClNO5/c1-16(2)35-28(34)18-10-12-22(13-11-18)30-24(19-7-4-6-17(3)14-19)23(26(32)27(30)33)25(31)20-8-5-9-21(29)15-20/h4-16,24,31H,1-3H3/b25-23+. The van der Waals surface area contributed by atoms with Gasteiger partial charge in [-0.25, -0.2) is 4.79 Å². The van der Waals surface area contributed by atoms with Gasteiger partial charge in [0.1, 0.15) is 5.76 Å². The topological polar surface area (TPSA) is 83.9 Å². The number of aliphatic hydroxyl groups excluding tert-OH is 1. The normalized spacial score (nSPS) is 17.2. The van der Waals surface area contributed by atoms with E-state index < -0.39 is 23.7 Å². The molecule has 0 aliphatic carbocycles. The van der Waals surface area contributed by atoms with Crippen LogP contribution < -0.4 is 4.90 Å². The molecule has 35 heavy (non-hydrogen) atoms. The summed E-state index contributed by atoms with van der Waals surface area (Å²) < 4.78 is 5.23. The molecule has 0 bridgehead atoms. The van der Waals surface area contributed by atoms with E-state index in [1.54, 1.807) is 62.4 Å². The summed E-state index contributed by atoms with van der Waals surface area (Å²) in [6.45, 7) is 5.42. The third kappa shape index (κ3) is 4.84. The van der Waals surface area contributed by atoms with E-state index >= 15 is 0 Å². The van der Waals surface area contributed by atoms with Crippen LogP contribution in [-0.2, 0) is 14.3 Å². The number of ketones is 1. The molecule has 1 N–H and O–H groups in total. The molecule has 0 saturated carbocycles. The molecular weight excluding hydrogens is 466 g/mol. The van der Waals surface area contributed by atoms with Crippen LogP contribution in [0.3, 0.4) is 0 Å². The molecule has 0 radical (unpaired) electrons. The van der Waals surface area contributed by atoms with Crippen molar-refractivity contribution in [2.75, 3.05) is 4.90 Å². The molecule has 1 saturated heterocycles. The molecule has 7 heteroatoms. The molecule has 178 valence electrons. The van der Waals surface area contributed by atoms with Gasteiger partial charge in [-0.2, -0.15) is 0 Å². The number of ether oxygens (including phenoxy) is 1. The first-order valence-electron chi connectivity index (χ1n) is 11.1. The molecule has 3 aromatic rings. The Morgan fingerprint density at radius 3 is 2.29 bits per heavy atom. The van der Waals surface area contributed by atoms with Gasteiger partial charge in [-0.1, -0.05) is 53.6 Å². The van der Waals surface area contributed by atoms with Crippen molar-refractivity contribution < 1.29 is 24.2 Å². The summed E-state index contributed by atoms with van der Waals surface area (Å²) in [5.74, 6) is -2.38. The van der Waals surface area contributed by atoms with Crippen molar-refractivity contribution in [1.29, 1.82) is 0 Å². The van der Waals surface area contributed by atoms with Crippen LogP contribution in [0, 0.1) is 6.92 Å². The van der Waals surface area contributed by atoms with Gasteiger partial charge >= 0.3 is 5.97 Å². The number of hydrogen-bond acceptors (Lipinski definition) is 5. The van der Waals surface area contributed by atoms with Crippen molar-refractivity contribution in [3.05, 3.63) is 106 Å². The van der Waals surface area contributed by atoms with Gasteiger partial charge in [-0.3, -0.25) is 14.5 Å². The van der Waals surface area contributed by atoms with Crippen molar-refractivity contribution in [2.24, 2.45) is 0 Å². The van der Waals surface area contributed by atoms with Gasteiger partial charge in [0.2, 0.25) is 0 Å². The zero-order valence-electron chi connectivity index (χ0n) is 19.5. The van der Waals surface area contributed by atoms with Crippen molar-refractivity contribution in [3.63, 3.8) is 0 Å². The summed E-state index contributed by atoms with van der Waals surface area (Å²) in [4.78, 5) is 40.1. The number of benzene rings is 3. The predicted octanol–water partition coefficient (Wildman–Crippen LogP) is 5.84. The summed E-state index contributed by atoms with van der Waals surface area (Å²) in [6, 6.07) is 19.3. The molecule has 1 amide bonds. The lowest BCUT2D eigenvalue weighted by molar-refractivity contribution is -0.132. The first-order chi connectivity index (χ1) is 16.7. The van der Waals surface area contributed by atoms with Crippen LogP contribution in [0.5, 0.6) is 0 Å². The Bertz CT molecular complexity index is 1340. The molecule has 1 atom stereocenters. The van der Waals surface area contributed by atoms with E-state index in [-0.39, 0.29) is 17.4 Å². The maximum atomic E-state index is 13.3. The highest BCUT2D eigenvalue weighted by Gasteiger charge is 2.47. The second-order valence-electron chi connectivity index (χ2n) is 8.59. The molecular formula is C28H24ClNO5. The largest absolute Gasteiger partial charge is 0.507 e. The zero-order valence-corrected chi connectivity index (χ0v) is 20.2. The fourth-order valence-electron chi connectivity index (χ4n) is 4.09. The van der Waals surface area contributed by atoms with E-state index in [4.69, 9.17) is 16.3 Å². The fraction of sp³-hybridized carbons (Fsp3) is 0.179. The second-order valence-corrected chi connectivity index (χ2v) is 9.03. The van der Waals surface area contributed by atoms with Gasteiger partial charge in [0.15, 0.2) is 0 Å². The van der Waals surface area contributed by atoms with Crippen LogP contribution in [0.1, 0.15) is 46.9 Å². The van der Waals surface area contributed by atoms with Crippen LogP contribution >= 0.6 is 11.6 Å². The maximum absolute atomic E-state index is 13.3. The van der Waals surface area contributed by atoms with E-state index in [0.29, 0.717) is 27.4 Å². The minimum absolute atomic E-state index is 0.0360. The average molecular weight is 490 g/mol. The highest BCUT2D eigenvalue weighted by Crippen LogP contribution is 2.42. The SMILES string of the molecule is Cc1cccc(C2/C(=C(\O)c3cccc(Cl)c3)C(=O)C(=O)N2c2ccc(C(=O)OC(C)C)cc2)c1. The number of hydrogen-bond donors (Lipinski definition) is 1. The third-order valence-electron chi connectivity index (χ3n) is 5.62. The highest BCUT2D eigenvalue weighted by atomic mass is 35.5.